The number of phenolic OH excluding ortho intramolecular Hbond substituents is 4. The summed E-state index contributed by atoms with van der Waals surface area (Å²) in [6.07, 6.45) is 5.90. The van der Waals surface area contributed by atoms with E-state index in [9.17, 15) is 39.6 Å². The first-order chi connectivity index (χ1) is 23.4. The highest BCUT2D eigenvalue weighted by atomic mass is 16.7. The Morgan fingerprint density at radius 1 is 0.796 bits per heavy atom. The highest BCUT2D eigenvalue weighted by molar-refractivity contribution is 6.13. The van der Waals surface area contributed by atoms with Crippen LogP contribution in [0, 0.1) is 5.92 Å². The summed E-state index contributed by atoms with van der Waals surface area (Å²) in [7, 11) is 2.55. The quantitative estimate of drug-likeness (QED) is 0.0467. The molecule has 4 rings (SSSR count). The number of benzene rings is 3. The number of unbranched alkanes of at least 4 members (excludes halogenated alkanes) is 1. The molecule has 1 fully saturated rings. The van der Waals surface area contributed by atoms with E-state index in [4.69, 9.17) is 14.8 Å². The van der Waals surface area contributed by atoms with Crippen molar-refractivity contribution in [1.82, 2.24) is 10.1 Å². The number of rotatable bonds is 12. The Bertz CT molecular complexity index is 1610. The summed E-state index contributed by atoms with van der Waals surface area (Å²) >= 11 is 0. The van der Waals surface area contributed by atoms with E-state index < -0.39 is 46.7 Å². The molecule has 49 heavy (non-hydrogen) atoms. The van der Waals surface area contributed by atoms with Crippen LogP contribution in [0.3, 0.4) is 0 Å². The van der Waals surface area contributed by atoms with Crippen LogP contribution in [0.15, 0.2) is 66.4 Å². The number of amides is 3. The van der Waals surface area contributed by atoms with Crippen molar-refractivity contribution in [3.8, 4) is 23.0 Å². The van der Waals surface area contributed by atoms with E-state index in [2.05, 4.69) is 6.92 Å². The molecule has 0 spiro atoms. The van der Waals surface area contributed by atoms with E-state index in [0.29, 0.717) is 17.0 Å². The van der Waals surface area contributed by atoms with Crippen LogP contribution in [0.25, 0.3) is 6.08 Å². The molecule has 5 N–H and O–H groups in total. The second-order valence-electron chi connectivity index (χ2n) is 10.8. The zero-order chi connectivity index (χ0) is 36.7. The van der Waals surface area contributed by atoms with Crippen LogP contribution in [-0.2, 0) is 25.7 Å². The zero-order valence-corrected chi connectivity index (χ0v) is 28.3. The fraction of sp³-hybridized carbons (Fsp3) is 0.333. The minimum absolute atomic E-state index is 0.107. The molecule has 0 saturated carbocycles. The summed E-state index contributed by atoms with van der Waals surface area (Å²) in [5, 5.41) is 49.8. The average Bonchev–Trinajstić information content (AvgIpc) is 3.35. The number of hydrogen-bond donors (Lipinski definition) is 5. The van der Waals surface area contributed by atoms with Gasteiger partial charge in [-0.15, -0.1) is 5.06 Å². The first kappa shape index (κ1) is 39.8. The van der Waals surface area contributed by atoms with Crippen molar-refractivity contribution >= 4 is 29.8 Å². The van der Waals surface area contributed by atoms with Gasteiger partial charge in [0.05, 0.1) is 19.8 Å². The molecule has 1 heterocycles. The minimum atomic E-state index is -0.882. The van der Waals surface area contributed by atoms with Crippen LogP contribution in [-0.4, -0.2) is 73.6 Å². The summed E-state index contributed by atoms with van der Waals surface area (Å²) in [6, 6.07) is 16.8. The predicted molar refractivity (Wildman–Crippen MR) is 180 cm³/mol. The number of carbonyl (C=O) groups excluding carboxylic acids is 3. The van der Waals surface area contributed by atoms with Crippen LogP contribution in [0.1, 0.15) is 79.9 Å². The van der Waals surface area contributed by atoms with Crippen LogP contribution in [0.5, 0.6) is 23.0 Å². The maximum atomic E-state index is 12.9. The van der Waals surface area contributed by atoms with Crippen LogP contribution in [0.2, 0.25) is 0 Å². The SMILES string of the molecule is CCC(=O)O.CCCCC(CC)Cc1c(O)c(O)c(O)c(O)c1C(=O)c1ccccc1.CON1C(=O)C(=Cc2ccccc2)N(OC)C1=O. The molecule has 0 aromatic heterocycles. The van der Waals surface area contributed by atoms with Crippen molar-refractivity contribution in [2.75, 3.05) is 14.2 Å². The molecule has 13 nitrogen and oxygen atoms in total. The molecular formula is C36H44N2O11. The maximum Gasteiger partial charge on any atom is 0.380 e. The molecule has 3 aromatic carbocycles. The highest BCUT2D eigenvalue weighted by Gasteiger charge is 2.42. The Morgan fingerprint density at radius 3 is 1.82 bits per heavy atom. The van der Waals surface area contributed by atoms with Crippen molar-refractivity contribution in [3.05, 3.63) is 88.6 Å². The summed E-state index contributed by atoms with van der Waals surface area (Å²) < 4.78 is 0. The first-order valence-corrected chi connectivity index (χ1v) is 15.7. The van der Waals surface area contributed by atoms with Crippen molar-refractivity contribution in [1.29, 1.82) is 0 Å². The number of carboxylic acids is 1. The average molecular weight is 681 g/mol. The van der Waals surface area contributed by atoms with Crippen molar-refractivity contribution in [2.45, 2.75) is 59.3 Å². The Hall–Kier alpha value is -5.40. The topological polar surface area (TPSA) is 194 Å². The van der Waals surface area contributed by atoms with E-state index in [1.165, 1.54) is 14.2 Å². The lowest BCUT2D eigenvalue weighted by atomic mass is 9.86. The Labute approximate surface area is 285 Å². The predicted octanol–water partition coefficient (Wildman–Crippen LogP) is 6.39. The van der Waals surface area contributed by atoms with Gasteiger partial charge in [-0.3, -0.25) is 24.1 Å². The smallest absolute Gasteiger partial charge is 0.380 e. The lowest BCUT2D eigenvalue weighted by Gasteiger charge is -2.20. The van der Waals surface area contributed by atoms with Crippen LogP contribution < -0.4 is 0 Å². The number of urea groups is 1. The van der Waals surface area contributed by atoms with Gasteiger partial charge >= 0.3 is 17.9 Å². The van der Waals surface area contributed by atoms with Gasteiger partial charge in [-0.1, -0.05) is 107 Å². The zero-order valence-electron chi connectivity index (χ0n) is 28.3. The van der Waals surface area contributed by atoms with Gasteiger partial charge in [-0.2, -0.15) is 5.06 Å². The van der Waals surface area contributed by atoms with Gasteiger partial charge in [0.25, 0.3) is 0 Å². The molecule has 3 aromatic rings. The van der Waals surface area contributed by atoms with Crippen LogP contribution in [0.4, 0.5) is 4.79 Å². The molecular weight excluding hydrogens is 636 g/mol. The minimum Gasteiger partial charge on any atom is -0.504 e. The molecule has 0 aliphatic carbocycles. The van der Waals surface area contributed by atoms with Gasteiger partial charge in [0.2, 0.25) is 11.5 Å². The number of imide groups is 1. The Kier molecular flexibility index (Phi) is 15.8. The number of carbonyl (C=O) groups is 4. The number of hydroxylamine groups is 4. The van der Waals surface area contributed by atoms with Gasteiger partial charge in [0, 0.05) is 17.5 Å². The van der Waals surface area contributed by atoms with E-state index in [0.717, 1.165) is 36.3 Å². The van der Waals surface area contributed by atoms with Gasteiger partial charge in [0.1, 0.15) is 5.70 Å². The monoisotopic (exact) mass is 680 g/mol. The fourth-order valence-electron chi connectivity index (χ4n) is 4.78. The standard InChI is InChI=1S/C21H26O5.C12H12N2O4.C3H6O2/c1-3-5-9-13(4-2)12-15-16(17(22)14-10-7-6-8-11-14)19(24)21(26)20(25)18(15)23;1-17-13-10(8-9-6-4-3-5-7-9)11(15)14(18-2)12(13)16;1-2-3(4)5/h6-8,10-11,13,23-26H,3-5,9,12H2,1-2H3;3-8H,1-2H3;2H2,1H3,(H,4,5). The highest BCUT2D eigenvalue weighted by Crippen LogP contribution is 2.48. The molecule has 0 radical (unpaired) electrons. The molecule has 1 saturated heterocycles. The van der Waals surface area contributed by atoms with E-state index in [-0.39, 0.29) is 29.2 Å². The number of ketones is 1. The normalized spacial score (nSPS) is 13.8. The fourth-order valence-corrected chi connectivity index (χ4v) is 4.78. The number of carboxylic acid groups (broad SMARTS) is 1. The summed E-state index contributed by atoms with van der Waals surface area (Å²) in [5.74, 6) is -4.55. The lowest BCUT2D eigenvalue weighted by molar-refractivity contribution is -0.152. The second kappa shape index (κ2) is 19.4. The molecule has 0 bridgehead atoms. The number of aliphatic carboxylic acids is 1. The Morgan fingerprint density at radius 2 is 1.33 bits per heavy atom. The molecule has 1 aliphatic rings. The third-order valence-electron chi connectivity index (χ3n) is 7.54. The van der Waals surface area contributed by atoms with Gasteiger partial charge in [0.15, 0.2) is 17.3 Å². The molecule has 1 unspecified atom stereocenters. The van der Waals surface area contributed by atoms with Crippen molar-refractivity contribution in [3.63, 3.8) is 0 Å². The van der Waals surface area contributed by atoms with Gasteiger partial charge in [-0.05, 0) is 24.0 Å². The number of hydrogen-bond acceptors (Lipinski definition) is 10. The largest absolute Gasteiger partial charge is 0.504 e. The summed E-state index contributed by atoms with van der Waals surface area (Å²) in [6.45, 7) is 5.71. The first-order valence-electron chi connectivity index (χ1n) is 15.7. The summed E-state index contributed by atoms with van der Waals surface area (Å²) in [5.41, 5.74) is 1.24. The van der Waals surface area contributed by atoms with Crippen molar-refractivity contribution < 1.29 is 54.4 Å². The number of nitrogens with zero attached hydrogens (tertiary/aromatic N) is 2. The molecule has 1 aliphatic heterocycles. The second-order valence-corrected chi connectivity index (χ2v) is 10.8. The molecule has 264 valence electrons. The van der Waals surface area contributed by atoms with Crippen LogP contribution >= 0.6 is 0 Å². The van der Waals surface area contributed by atoms with Gasteiger partial charge < -0.3 is 25.5 Å². The lowest BCUT2D eigenvalue weighted by Crippen LogP contribution is -2.31. The third-order valence-corrected chi connectivity index (χ3v) is 7.54. The molecule has 13 heteroatoms. The molecule has 3 amide bonds. The summed E-state index contributed by atoms with van der Waals surface area (Å²) in [4.78, 5) is 55.5. The molecule has 1 atom stereocenters. The number of phenols is 4. The third kappa shape index (κ3) is 10.3. The number of aromatic hydroxyl groups is 4. The van der Waals surface area contributed by atoms with Gasteiger partial charge in [-0.25, -0.2) is 4.79 Å². The van der Waals surface area contributed by atoms with E-state index in [1.807, 2.05) is 37.3 Å². The van der Waals surface area contributed by atoms with E-state index in [1.54, 1.807) is 43.3 Å². The maximum absolute atomic E-state index is 12.9. The van der Waals surface area contributed by atoms with E-state index >= 15 is 0 Å². The Balaban J connectivity index is 0.000000313. The van der Waals surface area contributed by atoms with Crippen molar-refractivity contribution in [2.24, 2.45) is 5.92 Å².